The average Bonchev–Trinajstić information content (AvgIpc) is 3.12. The summed E-state index contributed by atoms with van der Waals surface area (Å²) in [6, 6.07) is 7.94. The first-order chi connectivity index (χ1) is 13.7. The summed E-state index contributed by atoms with van der Waals surface area (Å²) in [7, 11) is 1.42. The first kappa shape index (κ1) is 20.2. The predicted molar refractivity (Wildman–Crippen MR) is 114 cm³/mol. The molecule has 0 spiro atoms. The quantitative estimate of drug-likeness (QED) is 0.349. The van der Waals surface area contributed by atoms with E-state index in [4.69, 9.17) is 14.1 Å². The number of hydrogen-bond donors (Lipinski definition) is 0. The molecule has 0 saturated heterocycles. The van der Waals surface area contributed by atoms with Crippen LogP contribution in [-0.2, 0) is 11.2 Å². The highest BCUT2D eigenvalue weighted by atomic mass is 16.5. The van der Waals surface area contributed by atoms with Crippen molar-refractivity contribution in [1.29, 1.82) is 0 Å². The molecule has 0 unspecified atom stereocenters. The summed E-state index contributed by atoms with van der Waals surface area (Å²) in [4.78, 5) is 19.7. The lowest BCUT2D eigenvalue weighted by molar-refractivity contribution is 0.0603. The molecular formula is C23H30N2O3. The number of ether oxygens (including phenoxy) is 1. The van der Waals surface area contributed by atoms with Gasteiger partial charge in [-0.2, -0.15) is 0 Å². The van der Waals surface area contributed by atoms with E-state index < -0.39 is 0 Å². The van der Waals surface area contributed by atoms with E-state index in [-0.39, 0.29) is 5.97 Å². The third kappa shape index (κ3) is 3.71. The molecule has 0 aliphatic carbocycles. The van der Waals surface area contributed by atoms with Gasteiger partial charge in [0.15, 0.2) is 5.58 Å². The topological polar surface area (TPSA) is 55.6 Å². The Kier molecular flexibility index (Phi) is 6.55. The predicted octanol–water partition coefficient (Wildman–Crippen LogP) is 5.74. The van der Waals surface area contributed by atoms with Gasteiger partial charge in [-0.3, -0.25) is 0 Å². The Morgan fingerprint density at radius 1 is 1.11 bits per heavy atom. The van der Waals surface area contributed by atoms with Gasteiger partial charge in [-0.25, -0.2) is 9.78 Å². The van der Waals surface area contributed by atoms with Gasteiger partial charge in [0.2, 0.25) is 5.88 Å². The Labute approximate surface area is 166 Å². The van der Waals surface area contributed by atoms with Crippen molar-refractivity contribution in [2.75, 3.05) is 25.1 Å². The molecule has 3 aromatic rings. The average molecular weight is 383 g/mol. The highest BCUT2D eigenvalue weighted by molar-refractivity contribution is 6.18. The van der Waals surface area contributed by atoms with E-state index >= 15 is 0 Å². The maximum absolute atomic E-state index is 12.8. The van der Waals surface area contributed by atoms with Crippen LogP contribution in [0.15, 0.2) is 28.7 Å². The van der Waals surface area contributed by atoms with Crippen molar-refractivity contribution in [2.45, 2.75) is 52.9 Å². The van der Waals surface area contributed by atoms with Crippen LogP contribution < -0.4 is 4.90 Å². The third-order valence-corrected chi connectivity index (χ3v) is 5.29. The lowest BCUT2D eigenvalue weighted by Crippen LogP contribution is -2.23. The van der Waals surface area contributed by atoms with Crippen molar-refractivity contribution >= 4 is 33.7 Å². The monoisotopic (exact) mass is 382 g/mol. The minimum absolute atomic E-state index is 0.367. The van der Waals surface area contributed by atoms with Crippen LogP contribution in [0.1, 0.15) is 62.5 Å². The summed E-state index contributed by atoms with van der Waals surface area (Å²) in [5.41, 5.74) is 3.04. The molecule has 0 amide bonds. The van der Waals surface area contributed by atoms with E-state index in [1.807, 2.05) is 24.3 Å². The van der Waals surface area contributed by atoms with E-state index in [1.54, 1.807) is 0 Å². The molecule has 28 heavy (non-hydrogen) atoms. The van der Waals surface area contributed by atoms with E-state index in [0.29, 0.717) is 11.4 Å². The lowest BCUT2D eigenvalue weighted by atomic mass is 10.0. The molecule has 1 aromatic carbocycles. The van der Waals surface area contributed by atoms with Crippen LogP contribution in [0.5, 0.6) is 0 Å². The summed E-state index contributed by atoms with van der Waals surface area (Å²) in [5.74, 6) is 0.216. The second-order valence-corrected chi connectivity index (χ2v) is 7.04. The number of methoxy groups -OCH3 is 1. The number of carbonyl (C=O) groups is 1. The molecule has 0 fully saturated rings. The van der Waals surface area contributed by atoms with E-state index in [1.165, 1.54) is 26.4 Å². The summed E-state index contributed by atoms with van der Waals surface area (Å²) in [6.07, 6.45) is 5.48. The number of anilines is 1. The van der Waals surface area contributed by atoms with Crippen LogP contribution >= 0.6 is 0 Å². The Hall–Kier alpha value is -2.56. The smallest absolute Gasteiger partial charge is 0.344 e. The van der Waals surface area contributed by atoms with E-state index in [2.05, 4.69) is 25.7 Å². The molecule has 0 bridgehead atoms. The molecular weight excluding hydrogens is 352 g/mol. The maximum atomic E-state index is 12.8. The fourth-order valence-corrected chi connectivity index (χ4v) is 3.77. The number of esters is 1. The zero-order valence-corrected chi connectivity index (χ0v) is 17.4. The minimum atomic E-state index is -0.367. The summed E-state index contributed by atoms with van der Waals surface area (Å²) < 4.78 is 11.5. The third-order valence-electron chi connectivity index (χ3n) is 5.29. The first-order valence-corrected chi connectivity index (χ1v) is 10.3. The number of rotatable bonds is 9. The molecule has 0 atom stereocenters. The van der Waals surface area contributed by atoms with Gasteiger partial charge in [0.05, 0.1) is 18.3 Å². The van der Waals surface area contributed by atoms with Crippen LogP contribution in [0.25, 0.3) is 21.9 Å². The molecule has 0 saturated carbocycles. The number of carbonyl (C=O) groups excluding carboxylic acids is 1. The fourth-order valence-electron chi connectivity index (χ4n) is 3.77. The number of unbranched alkanes of at least 4 members (excludes halogenated alkanes) is 3. The van der Waals surface area contributed by atoms with Crippen LogP contribution in [0.2, 0.25) is 0 Å². The van der Waals surface area contributed by atoms with Crippen LogP contribution in [0.3, 0.4) is 0 Å². The van der Waals surface area contributed by atoms with Gasteiger partial charge in [0, 0.05) is 23.9 Å². The molecule has 3 rings (SSSR count). The normalized spacial score (nSPS) is 11.3. The number of aryl methyl sites for hydroxylation is 1. The van der Waals surface area contributed by atoms with Gasteiger partial charge >= 0.3 is 5.97 Å². The van der Waals surface area contributed by atoms with Gasteiger partial charge in [-0.05, 0) is 32.8 Å². The van der Waals surface area contributed by atoms with Gasteiger partial charge in [0.25, 0.3) is 0 Å². The molecule has 2 aromatic heterocycles. The highest BCUT2D eigenvalue weighted by Gasteiger charge is 2.28. The van der Waals surface area contributed by atoms with Crippen LogP contribution in [-0.4, -0.2) is 31.2 Å². The van der Waals surface area contributed by atoms with Gasteiger partial charge < -0.3 is 14.1 Å². The number of fused-ring (bicyclic) bond motifs is 3. The number of aromatic nitrogens is 1. The van der Waals surface area contributed by atoms with Crippen molar-refractivity contribution in [3.63, 3.8) is 0 Å². The standard InChI is InChI=1S/C23H30N2O3/c1-5-8-9-10-15-18-21-19(16-13-11-12-14-17(16)24-18)20(23(26)27-4)22(28-21)25(6-2)7-3/h11-14H,5-10,15H2,1-4H3. The molecule has 2 heterocycles. The number of hydrogen-bond acceptors (Lipinski definition) is 5. The van der Waals surface area contributed by atoms with Crippen molar-refractivity contribution in [3.8, 4) is 0 Å². The minimum Gasteiger partial charge on any atom is -0.465 e. The fraction of sp³-hybridized carbons (Fsp3) is 0.478. The zero-order chi connectivity index (χ0) is 20.1. The number of nitrogens with zero attached hydrogens (tertiary/aromatic N) is 2. The van der Waals surface area contributed by atoms with Gasteiger partial charge in [0.1, 0.15) is 5.56 Å². The SMILES string of the molecule is CCCCCCc1nc2ccccc2c2c(C(=O)OC)c(N(CC)CC)oc12. The van der Waals surface area contributed by atoms with Crippen molar-refractivity contribution in [1.82, 2.24) is 4.98 Å². The number of pyridine rings is 1. The second-order valence-electron chi connectivity index (χ2n) is 7.04. The molecule has 0 N–H and O–H groups in total. The zero-order valence-electron chi connectivity index (χ0n) is 17.4. The number of benzene rings is 1. The number of para-hydroxylation sites is 1. The first-order valence-electron chi connectivity index (χ1n) is 10.3. The Morgan fingerprint density at radius 3 is 2.54 bits per heavy atom. The summed E-state index contributed by atoms with van der Waals surface area (Å²) in [5, 5.41) is 1.75. The van der Waals surface area contributed by atoms with Crippen molar-refractivity contribution < 1.29 is 13.9 Å². The molecule has 0 aliphatic heterocycles. The maximum Gasteiger partial charge on any atom is 0.344 e. The van der Waals surface area contributed by atoms with Crippen molar-refractivity contribution in [2.24, 2.45) is 0 Å². The Balaban J connectivity index is 2.27. The van der Waals surface area contributed by atoms with Crippen LogP contribution in [0, 0.1) is 0 Å². The Bertz CT molecular complexity index is 957. The van der Waals surface area contributed by atoms with Crippen LogP contribution in [0.4, 0.5) is 5.88 Å². The molecule has 5 nitrogen and oxygen atoms in total. The summed E-state index contributed by atoms with van der Waals surface area (Å²) >= 11 is 0. The Morgan fingerprint density at radius 2 is 1.86 bits per heavy atom. The van der Waals surface area contributed by atoms with E-state index in [9.17, 15) is 4.79 Å². The van der Waals surface area contributed by atoms with E-state index in [0.717, 1.165) is 53.5 Å². The molecule has 0 radical (unpaired) electrons. The molecule has 150 valence electrons. The van der Waals surface area contributed by atoms with Gasteiger partial charge in [-0.15, -0.1) is 0 Å². The number of furan rings is 1. The summed E-state index contributed by atoms with van der Waals surface area (Å²) in [6.45, 7) is 7.81. The second kappa shape index (κ2) is 9.09. The lowest BCUT2D eigenvalue weighted by Gasteiger charge is -2.18. The van der Waals surface area contributed by atoms with Gasteiger partial charge in [-0.1, -0.05) is 44.4 Å². The highest BCUT2D eigenvalue weighted by Crippen LogP contribution is 2.39. The molecule has 0 aliphatic rings. The molecule has 5 heteroatoms. The van der Waals surface area contributed by atoms with Crippen molar-refractivity contribution in [3.05, 3.63) is 35.5 Å². The largest absolute Gasteiger partial charge is 0.465 e.